The van der Waals surface area contributed by atoms with Gasteiger partial charge in [0.15, 0.2) is 11.4 Å². The number of ketones is 1. The van der Waals surface area contributed by atoms with E-state index in [1.165, 1.54) is 103 Å². The number of carbonyl (C=O) groups excluding carboxylic acids is 1. The zero-order valence-electron chi connectivity index (χ0n) is 35.8. The van der Waals surface area contributed by atoms with Gasteiger partial charge in [-0.2, -0.15) is 0 Å². The fourth-order valence-electron chi connectivity index (χ4n) is 7.21. The number of carbonyl (C=O) groups is 1. The van der Waals surface area contributed by atoms with E-state index in [2.05, 4.69) is 26.0 Å². The second-order valence-electron chi connectivity index (χ2n) is 16.9. The molecule has 0 aliphatic carbocycles. The number of hydrogen-bond acceptors (Lipinski definition) is 6. The maximum atomic E-state index is 13.9. The van der Waals surface area contributed by atoms with Crippen molar-refractivity contribution in [2.75, 3.05) is 34.3 Å². The van der Waals surface area contributed by atoms with Crippen LogP contribution in [0.15, 0.2) is 12.2 Å². The summed E-state index contributed by atoms with van der Waals surface area (Å²) in [5.41, 5.74) is -1.99. The van der Waals surface area contributed by atoms with E-state index in [4.69, 9.17) is 9.05 Å². The molecule has 0 rings (SSSR count). The van der Waals surface area contributed by atoms with Gasteiger partial charge in [-0.05, 0) is 51.4 Å². The van der Waals surface area contributed by atoms with Crippen LogP contribution in [0, 0.1) is 0 Å². The minimum atomic E-state index is -4.77. The van der Waals surface area contributed by atoms with Gasteiger partial charge in [-0.1, -0.05) is 168 Å². The van der Waals surface area contributed by atoms with Gasteiger partial charge >= 0.3 is 7.82 Å². The first kappa shape index (κ1) is 52.4. The monoisotopic (exact) mass is 775 g/mol. The zero-order chi connectivity index (χ0) is 39.7. The molecule has 0 amide bonds. The number of Topliss-reactive ketones (excluding diaryl/α,β-unsaturated/α-hetero) is 1. The predicted octanol–water partition coefficient (Wildman–Crippen LogP) is 12.2. The lowest BCUT2D eigenvalue weighted by Gasteiger charge is -2.37. The first-order valence-electron chi connectivity index (χ1n) is 22.4. The Bertz CT molecular complexity index is 924. The van der Waals surface area contributed by atoms with Crippen LogP contribution < -0.4 is 0 Å². The van der Waals surface area contributed by atoms with Crippen molar-refractivity contribution in [3.05, 3.63) is 12.2 Å². The van der Waals surface area contributed by atoms with E-state index in [0.717, 1.165) is 57.8 Å². The highest BCUT2D eigenvalue weighted by atomic mass is 31.2. The molecule has 9 heteroatoms. The third kappa shape index (κ3) is 29.3. The minimum absolute atomic E-state index is 0.0662. The average Bonchev–Trinajstić information content (AvgIpc) is 3.11. The van der Waals surface area contributed by atoms with Crippen LogP contribution in [0.4, 0.5) is 0 Å². The average molecular weight is 775 g/mol. The number of phosphoric acid groups is 1. The topological polar surface area (TPSA) is 113 Å². The highest BCUT2D eigenvalue weighted by Crippen LogP contribution is 2.51. The molecule has 3 N–H and O–H groups in total. The third-order valence-corrected chi connectivity index (χ3v) is 11.6. The van der Waals surface area contributed by atoms with E-state index < -0.39 is 38.0 Å². The summed E-state index contributed by atoms with van der Waals surface area (Å²) >= 11 is 0. The normalized spacial score (nSPS) is 15.8. The molecule has 0 aromatic heterocycles. The van der Waals surface area contributed by atoms with Crippen LogP contribution in [-0.2, 0) is 18.4 Å². The van der Waals surface area contributed by atoms with Crippen molar-refractivity contribution in [1.29, 1.82) is 0 Å². The van der Waals surface area contributed by atoms with E-state index in [-0.39, 0.29) is 12.8 Å². The van der Waals surface area contributed by atoms with Gasteiger partial charge in [0.1, 0.15) is 18.8 Å². The Labute approximate surface area is 328 Å². The molecule has 0 spiro atoms. The van der Waals surface area contributed by atoms with Crippen LogP contribution >= 0.6 is 7.82 Å². The predicted molar refractivity (Wildman–Crippen MR) is 224 cm³/mol. The minimum Gasteiger partial charge on any atom is -0.394 e. The second kappa shape index (κ2) is 33.5. The molecule has 0 radical (unpaired) electrons. The molecule has 0 fully saturated rings. The summed E-state index contributed by atoms with van der Waals surface area (Å²) in [7, 11) is 1.16. The van der Waals surface area contributed by atoms with Crippen molar-refractivity contribution in [1.82, 2.24) is 0 Å². The molecule has 0 aromatic rings. The van der Waals surface area contributed by atoms with Crippen LogP contribution in [0.3, 0.4) is 0 Å². The fourth-order valence-corrected chi connectivity index (χ4v) is 8.57. The number of nitrogens with zero attached hydrogens (tertiary/aromatic N) is 1. The molecule has 0 saturated heterocycles. The fraction of sp³-hybridized carbons (Fsp3) is 0.932. The summed E-state index contributed by atoms with van der Waals surface area (Å²) in [6.07, 6.45) is 34.4. The van der Waals surface area contributed by atoms with Crippen LogP contribution in [0.2, 0.25) is 0 Å². The number of aliphatic hydroxyl groups is 2. The smallest absolute Gasteiger partial charge is 0.394 e. The molecular formula is C44H89NO7P+. The van der Waals surface area contributed by atoms with Crippen molar-refractivity contribution in [2.45, 2.75) is 231 Å². The number of likely N-dealkylation sites (N-methyl/N-ethyl adjacent to an activating group) is 1. The van der Waals surface area contributed by atoms with E-state index >= 15 is 0 Å². The summed E-state index contributed by atoms with van der Waals surface area (Å²) in [6.45, 7) is 6.11. The molecule has 316 valence electrons. The van der Waals surface area contributed by atoms with Crippen molar-refractivity contribution in [2.24, 2.45) is 0 Å². The summed E-state index contributed by atoms with van der Waals surface area (Å²) in [4.78, 5) is 24.9. The number of aliphatic hydroxyl groups excluding tert-OH is 2. The Balaban J connectivity index is 5.07. The number of allylic oxidation sites excluding steroid dienone is 2. The zero-order valence-corrected chi connectivity index (χ0v) is 36.7. The molecule has 3 unspecified atom stereocenters. The number of quaternary nitrogens is 1. The maximum Gasteiger partial charge on any atom is 0.473 e. The van der Waals surface area contributed by atoms with Crippen LogP contribution in [0.5, 0.6) is 0 Å². The number of unbranched alkanes of at least 4 members (excludes halogenated alkanes) is 24. The van der Waals surface area contributed by atoms with E-state index in [1.807, 2.05) is 28.1 Å². The Morgan fingerprint density at radius 3 is 1.45 bits per heavy atom. The highest BCUT2D eigenvalue weighted by Gasteiger charge is 2.50. The van der Waals surface area contributed by atoms with Crippen LogP contribution in [0.1, 0.15) is 213 Å². The van der Waals surface area contributed by atoms with Gasteiger partial charge in [0.25, 0.3) is 0 Å². The first-order chi connectivity index (χ1) is 25.4. The number of phosphoric ester groups is 1. The van der Waals surface area contributed by atoms with Gasteiger partial charge in [0.2, 0.25) is 0 Å². The lowest BCUT2D eigenvalue weighted by Crippen LogP contribution is -2.53. The largest absolute Gasteiger partial charge is 0.473 e. The molecule has 0 bridgehead atoms. The standard InChI is InChI=1S/C44H88NO7P/c1-7-10-12-14-16-18-20-22-24-25-27-29-31-33-35-37-42(47)44(43(48)40-46,52-53(49,50)51-41(9-3)39-45(4,5)6)38-36-34-32-30-28-26-23-21-19-17-15-13-11-8-2/h22,24,41,43,46,48H,7-21,23,25-40H2,1-6H3/p+1/b24-22-/t41?,43-,44?/m0/s1. The van der Waals surface area contributed by atoms with Gasteiger partial charge in [0.05, 0.1) is 27.7 Å². The molecule has 8 nitrogen and oxygen atoms in total. The van der Waals surface area contributed by atoms with Crippen molar-refractivity contribution in [3.8, 4) is 0 Å². The van der Waals surface area contributed by atoms with E-state index in [9.17, 15) is 24.5 Å². The third-order valence-electron chi connectivity index (χ3n) is 10.5. The summed E-state index contributed by atoms with van der Waals surface area (Å²) in [5, 5.41) is 21.2. The van der Waals surface area contributed by atoms with Gasteiger partial charge < -0.3 is 19.6 Å². The maximum absolute atomic E-state index is 13.9. The Hall–Kier alpha value is -0.600. The first-order valence-corrected chi connectivity index (χ1v) is 23.9. The van der Waals surface area contributed by atoms with Gasteiger partial charge in [0, 0.05) is 6.42 Å². The second-order valence-corrected chi connectivity index (χ2v) is 18.2. The quantitative estimate of drug-likeness (QED) is 0.0246. The van der Waals surface area contributed by atoms with E-state index in [1.54, 1.807) is 0 Å². The van der Waals surface area contributed by atoms with Crippen molar-refractivity contribution < 1.29 is 38.0 Å². The highest BCUT2D eigenvalue weighted by molar-refractivity contribution is 7.47. The van der Waals surface area contributed by atoms with Crippen molar-refractivity contribution in [3.63, 3.8) is 0 Å². The Kier molecular flexibility index (Phi) is 33.2. The molecule has 0 saturated carbocycles. The van der Waals surface area contributed by atoms with Gasteiger partial charge in [-0.25, -0.2) is 4.57 Å². The SMILES string of the molecule is CCCCCCCC/C=C\CCCCCCCC(=O)C(CCCCCCCCCCCCCCCC)(OP(=O)(O)OC(CC)C[N+](C)(C)C)[C@@H](O)CO. The van der Waals surface area contributed by atoms with Crippen LogP contribution in [0.25, 0.3) is 0 Å². The molecular weight excluding hydrogens is 685 g/mol. The van der Waals surface area contributed by atoms with Gasteiger partial charge in [-0.15, -0.1) is 0 Å². The number of rotatable bonds is 40. The molecule has 0 aromatic carbocycles. The molecule has 53 heavy (non-hydrogen) atoms. The Morgan fingerprint density at radius 1 is 0.660 bits per heavy atom. The lowest BCUT2D eigenvalue weighted by molar-refractivity contribution is -0.873. The van der Waals surface area contributed by atoms with E-state index in [0.29, 0.717) is 30.3 Å². The molecule has 0 aliphatic heterocycles. The Morgan fingerprint density at radius 2 is 1.06 bits per heavy atom. The summed E-state index contributed by atoms with van der Waals surface area (Å²) < 4.78 is 25.5. The molecule has 0 heterocycles. The number of hydrogen-bond donors (Lipinski definition) is 3. The van der Waals surface area contributed by atoms with Crippen LogP contribution in [-0.4, -0.2) is 77.5 Å². The molecule has 0 aliphatic rings. The van der Waals surface area contributed by atoms with Gasteiger partial charge in [-0.3, -0.25) is 13.8 Å². The lowest BCUT2D eigenvalue weighted by atomic mass is 9.84. The van der Waals surface area contributed by atoms with Crippen molar-refractivity contribution >= 4 is 13.6 Å². The molecule has 4 atom stereocenters. The summed E-state index contributed by atoms with van der Waals surface area (Å²) in [5.74, 6) is -0.427. The summed E-state index contributed by atoms with van der Waals surface area (Å²) in [6, 6.07) is 0.